The van der Waals surface area contributed by atoms with Crippen LogP contribution in [0.25, 0.3) is 0 Å². The number of carbonyl (C=O) groups is 1. The molecule has 146 valence electrons. The largest absolute Gasteiger partial charge is 0.416 e. The number of hydrogen-bond donors (Lipinski definition) is 0. The standard InChI is InChI=1S/C20H18F3N3OS/c21-20(22,23)16-5-2-1-4-14(16)12-25-10-9-24-18(25)13-26(15-7-8-15)19(27)17-6-3-11-28-17/h1-6,9-11,15H,7-8,12-13H2. The number of carbonyl (C=O) groups excluding carboxylic acids is 1. The number of hydrogen-bond acceptors (Lipinski definition) is 3. The van der Waals surface area contributed by atoms with Gasteiger partial charge in [-0.25, -0.2) is 4.98 Å². The molecule has 2 heterocycles. The van der Waals surface area contributed by atoms with Gasteiger partial charge in [0.1, 0.15) is 5.82 Å². The predicted molar refractivity (Wildman–Crippen MR) is 100.0 cm³/mol. The molecule has 2 aromatic heterocycles. The maximum atomic E-state index is 13.3. The first-order valence-corrected chi connectivity index (χ1v) is 9.81. The SMILES string of the molecule is O=C(c1cccs1)N(Cc1nccn1Cc1ccccc1C(F)(F)F)C1CC1. The predicted octanol–water partition coefficient (Wildman–Crippen LogP) is 4.82. The molecule has 0 aliphatic heterocycles. The van der Waals surface area contributed by atoms with Crippen molar-refractivity contribution in [3.8, 4) is 0 Å². The Hall–Kier alpha value is -2.61. The maximum absolute atomic E-state index is 13.3. The van der Waals surface area contributed by atoms with Crippen molar-refractivity contribution < 1.29 is 18.0 Å². The molecule has 1 saturated carbocycles. The van der Waals surface area contributed by atoms with Gasteiger partial charge in [-0.1, -0.05) is 24.3 Å². The van der Waals surface area contributed by atoms with Crippen molar-refractivity contribution in [2.45, 2.75) is 38.1 Å². The summed E-state index contributed by atoms with van der Waals surface area (Å²) in [6.07, 6.45) is 0.686. The Bertz CT molecular complexity index is 961. The Labute approximate surface area is 164 Å². The van der Waals surface area contributed by atoms with E-state index in [2.05, 4.69) is 4.98 Å². The van der Waals surface area contributed by atoms with Gasteiger partial charge in [-0.3, -0.25) is 4.79 Å². The summed E-state index contributed by atoms with van der Waals surface area (Å²) in [5.41, 5.74) is -0.472. The number of benzene rings is 1. The van der Waals surface area contributed by atoms with Crippen LogP contribution in [0.1, 0.15) is 39.5 Å². The van der Waals surface area contributed by atoms with Gasteiger partial charge in [-0.05, 0) is 35.9 Å². The van der Waals surface area contributed by atoms with Crippen LogP contribution in [0.5, 0.6) is 0 Å². The number of nitrogens with zero attached hydrogens (tertiary/aromatic N) is 3. The van der Waals surface area contributed by atoms with Crippen molar-refractivity contribution >= 4 is 17.2 Å². The van der Waals surface area contributed by atoms with Gasteiger partial charge in [-0.2, -0.15) is 13.2 Å². The van der Waals surface area contributed by atoms with Crippen LogP contribution in [-0.2, 0) is 19.3 Å². The van der Waals surface area contributed by atoms with Crippen LogP contribution >= 0.6 is 11.3 Å². The van der Waals surface area contributed by atoms with E-state index in [1.165, 1.54) is 23.5 Å². The fourth-order valence-corrected chi connectivity index (χ4v) is 3.88. The third-order valence-corrected chi connectivity index (χ3v) is 5.62. The molecular weight excluding hydrogens is 387 g/mol. The number of alkyl halides is 3. The molecule has 0 spiro atoms. The van der Waals surface area contributed by atoms with Gasteiger partial charge in [0.25, 0.3) is 5.91 Å². The normalized spacial score (nSPS) is 14.2. The lowest BCUT2D eigenvalue weighted by atomic mass is 10.1. The minimum Gasteiger partial charge on any atom is -0.329 e. The third kappa shape index (κ3) is 3.96. The highest BCUT2D eigenvalue weighted by Gasteiger charge is 2.35. The zero-order valence-electron chi connectivity index (χ0n) is 14.9. The highest BCUT2D eigenvalue weighted by Crippen LogP contribution is 2.33. The number of halogens is 3. The fraction of sp³-hybridized carbons (Fsp3) is 0.300. The highest BCUT2D eigenvalue weighted by molar-refractivity contribution is 7.12. The molecule has 0 N–H and O–H groups in total. The Morgan fingerprint density at radius 2 is 2.00 bits per heavy atom. The molecule has 3 aromatic rings. The lowest BCUT2D eigenvalue weighted by Crippen LogP contribution is -2.33. The second-order valence-electron chi connectivity index (χ2n) is 6.77. The number of thiophene rings is 1. The minimum absolute atomic E-state index is 0.0523. The van der Waals surface area contributed by atoms with E-state index in [1.54, 1.807) is 34.0 Å². The van der Waals surface area contributed by atoms with Gasteiger partial charge in [0.15, 0.2) is 0 Å². The summed E-state index contributed by atoms with van der Waals surface area (Å²) in [7, 11) is 0. The van der Waals surface area contributed by atoms with Crippen LogP contribution in [0.3, 0.4) is 0 Å². The molecule has 0 bridgehead atoms. The minimum atomic E-state index is -4.41. The van der Waals surface area contributed by atoms with E-state index < -0.39 is 11.7 Å². The Kier molecular flexibility index (Phi) is 4.97. The lowest BCUT2D eigenvalue weighted by Gasteiger charge is -2.22. The average molecular weight is 405 g/mol. The molecule has 1 aliphatic carbocycles. The fourth-order valence-electron chi connectivity index (χ4n) is 3.20. The Balaban J connectivity index is 1.57. The number of amides is 1. The lowest BCUT2D eigenvalue weighted by molar-refractivity contribution is -0.138. The summed E-state index contributed by atoms with van der Waals surface area (Å²) in [4.78, 5) is 19.6. The van der Waals surface area contributed by atoms with Crippen molar-refractivity contribution in [1.29, 1.82) is 0 Å². The Morgan fingerprint density at radius 3 is 2.68 bits per heavy atom. The van der Waals surface area contributed by atoms with E-state index in [-0.39, 0.29) is 30.6 Å². The quantitative estimate of drug-likeness (QED) is 0.590. The third-order valence-electron chi connectivity index (χ3n) is 4.76. The van der Waals surface area contributed by atoms with Gasteiger partial charge < -0.3 is 9.47 Å². The summed E-state index contributed by atoms with van der Waals surface area (Å²) in [5, 5.41) is 1.85. The van der Waals surface area contributed by atoms with E-state index in [9.17, 15) is 18.0 Å². The first-order valence-electron chi connectivity index (χ1n) is 8.93. The van der Waals surface area contributed by atoms with E-state index in [0.29, 0.717) is 10.7 Å². The van der Waals surface area contributed by atoms with Crippen molar-refractivity contribution in [2.75, 3.05) is 0 Å². The van der Waals surface area contributed by atoms with Crippen LogP contribution in [0.15, 0.2) is 54.2 Å². The monoisotopic (exact) mass is 405 g/mol. The molecule has 8 heteroatoms. The highest BCUT2D eigenvalue weighted by atomic mass is 32.1. The first kappa shape index (κ1) is 18.7. The molecule has 0 unspecified atom stereocenters. The van der Waals surface area contributed by atoms with Gasteiger partial charge in [0.2, 0.25) is 0 Å². The zero-order chi connectivity index (χ0) is 19.7. The molecule has 1 amide bonds. The molecule has 1 fully saturated rings. The molecule has 4 nitrogen and oxygen atoms in total. The zero-order valence-corrected chi connectivity index (χ0v) is 15.7. The van der Waals surface area contributed by atoms with Crippen molar-refractivity contribution in [2.24, 2.45) is 0 Å². The van der Waals surface area contributed by atoms with E-state index in [4.69, 9.17) is 0 Å². The van der Waals surface area contributed by atoms with Gasteiger partial charge in [0.05, 0.1) is 17.0 Å². The van der Waals surface area contributed by atoms with Crippen LogP contribution in [-0.4, -0.2) is 26.4 Å². The van der Waals surface area contributed by atoms with Crippen molar-refractivity contribution in [3.05, 3.63) is 76.0 Å². The summed E-state index contributed by atoms with van der Waals surface area (Å²) in [5.74, 6) is 0.525. The van der Waals surface area contributed by atoms with Crippen molar-refractivity contribution in [3.63, 3.8) is 0 Å². The molecular formula is C20H18F3N3OS. The summed E-state index contributed by atoms with van der Waals surface area (Å²) < 4.78 is 41.5. The molecule has 4 rings (SSSR count). The average Bonchev–Trinajstić information content (AvgIpc) is 3.16. The van der Waals surface area contributed by atoms with Gasteiger partial charge in [-0.15, -0.1) is 11.3 Å². The molecule has 0 saturated heterocycles. The molecule has 0 radical (unpaired) electrons. The maximum Gasteiger partial charge on any atom is 0.416 e. The number of rotatable bonds is 6. The Morgan fingerprint density at radius 1 is 1.21 bits per heavy atom. The van der Waals surface area contributed by atoms with Crippen LogP contribution < -0.4 is 0 Å². The topological polar surface area (TPSA) is 38.1 Å². The van der Waals surface area contributed by atoms with Gasteiger partial charge >= 0.3 is 6.18 Å². The summed E-state index contributed by atoms with van der Waals surface area (Å²) >= 11 is 1.39. The van der Waals surface area contributed by atoms with E-state index >= 15 is 0 Å². The molecule has 1 aliphatic rings. The molecule has 28 heavy (non-hydrogen) atoms. The van der Waals surface area contributed by atoms with Gasteiger partial charge in [0, 0.05) is 25.0 Å². The first-order chi connectivity index (χ1) is 13.4. The number of aromatic nitrogens is 2. The molecule has 1 aromatic carbocycles. The summed E-state index contributed by atoms with van der Waals surface area (Å²) in [6.45, 7) is 0.333. The molecule has 0 atom stereocenters. The van der Waals surface area contributed by atoms with Crippen LogP contribution in [0.4, 0.5) is 13.2 Å². The van der Waals surface area contributed by atoms with E-state index in [0.717, 1.165) is 18.9 Å². The van der Waals surface area contributed by atoms with Crippen LogP contribution in [0.2, 0.25) is 0 Å². The number of imidazole rings is 1. The smallest absolute Gasteiger partial charge is 0.329 e. The second-order valence-corrected chi connectivity index (χ2v) is 7.72. The van der Waals surface area contributed by atoms with Crippen molar-refractivity contribution in [1.82, 2.24) is 14.5 Å². The van der Waals surface area contributed by atoms with E-state index in [1.807, 2.05) is 11.4 Å². The summed E-state index contributed by atoms with van der Waals surface area (Å²) in [6, 6.07) is 9.33. The van der Waals surface area contributed by atoms with Crippen LogP contribution in [0, 0.1) is 0 Å². The second kappa shape index (κ2) is 7.43.